The van der Waals surface area contributed by atoms with E-state index >= 15 is 0 Å². The smallest absolute Gasteiger partial charge is 0.251 e. The first-order valence-corrected chi connectivity index (χ1v) is 13.1. The second kappa shape index (κ2) is 12.0. The van der Waals surface area contributed by atoms with E-state index in [2.05, 4.69) is 25.9 Å². The molecular weight excluding hydrogens is 508 g/mol. The van der Waals surface area contributed by atoms with E-state index in [0.717, 1.165) is 37.6 Å². The van der Waals surface area contributed by atoms with Crippen LogP contribution in [0.1, 0.15) is 15.9 Å². The van der Waals surface area contributed by atoms with Crippen molar-refractivity contribution in [2.75, 3.05) is 11.9 Å². The Bertz CT molecular complexity index is 1640. The average Bonchev–Trinajstić information content (AvgIpc) is 3.44. The number of rotatable bonds is 9. The molecule has 0 fully saturated rings. The maximum absolute atomic E-state index is 13.1. The normalized spacial score (nSPS) is 11.4. The number of benzene rings is 3. The number of carbonyl (C=O) groups excluding carboxylic acids is 2. The number of hydrogen-bond acceptors (Lipinski definition) is 7. The van der Waals surface area contributed by atoms with Gasteiger partial charge < -0.3 is 16.0 Å². The maximum atomic E-state index is 13.1. The van der Waals surface area contributed by atoms with Crippen LogP contribution in [0.2, 0.25) is 0 Å². The van der Waals surface area contributed by atoms with Gasteiger partial charge in [0.1, 0.15) is 12.6 Å². The fraction of sp³-hybridized carbons (Fsp3) is 0.100. The molecule has 3 N–H and O–H groups in total. The fourth-order valence-corrected chi connectivity index (χ4v) is 4.95. The Kier molecular flexibility index (Phi) is 7.86. The van der Waals surface area contributed by atoms with Crippen LogP contribution in [0.25, 0.3) is 21.2 Å². The molecule has 0 saturated carbocycles. The lowest BCUT2D eigenvalue weighted by molar-refractivity contribution is -0.122. The second-order valence-corrected chi connectivity index (χ2v) is 9.79. The number of carbonyl (C=O) groups is 2. The van der Waals surface area contributed by atoms with E-state index in [-0.39, 0.29) is 12.5 Å². The Hall–Kier alpha value is -5.07. The zero-order valence-electron chi connectivity index (χ0n) is 20.8. The first-order valence-electron chi connectivity index (χ1n) is 12.3. The average molecular weight is 533 g/mol. The molecule has 39 heavy (non-hydrogen) atoms. The quantitative estimate of drug-likeness (QED) is 0.228. The summed E-state index contributed by atoms with van der Waals surface area (Å²) in [5.74, 6) is -0.780. The lowest BCUT2D eigenvalue weighted by Crippen LogP contribution is -2.48. The second-order valence-electron chi connectivity index (χ2n) is 8.76. The summed E-state index contributed by atoms with van der Waals surface area (Å²) in [5.41, 5.74) is 3.15. The summed E-state index contributed by atoms with van der Waals surface area (Å²) in [5, 5.41) is 20.4. The number of nitriles is 1. The molecular formula is C30H24N6O2S. The third-order valence-corrected chi connectivity index (χ3v) is 7.05. The molecule has 3 aromatic carbocycles. The molecule has 0 saturated heterocycles. The van der Waals surface area contributed by atoms with Gasteiger partial charge in [0, 0.05) is 36.3 Å². The molecule has 8 nitrogen and oxygen atoms in total. The first kappa shape index (κ1) is 25.6. The monoisotopic (exact) mass is 532 g/mol. The molecule has 0 bridgehead atoms. The van der Waals surface area contributed by atoms with Crippen molar-refractivity contribution in [2.24, 2.45) is 0 Å². The Labute approximate surface area is 229 Å². The third-order valence-electron chi connectivity index (χ3n) is 6.09. The van der Waals surface area contributed by atoms with Crippen molar-refractivity contribution < 1.29 is 9.59 Å². The lowest BCUT2D eigenvalue weighted by atomic mass is 10.0. The molecule has 0 radical (unpaired) electrons. The predicted molar refractivity (Wildman–Crippen MR) is 153 cm³/mol. The molecule has 0 aliphatic carbocycles. The Balaban J connectivity index is 1.28. The van der Waals surface area contributed by atoms with Gasteiger partial charge in [-0.3, -0.25) is 14.6 Å². The van der Waals surface area contributed by atoms with Crippen LogP contribution in [0.5, 0.6) is 0 Å². The van der Waals surface area contributed by atoms with Crippen LogP contribution < -0.4 is 16.0 Å². The number of thiazole rings is 1. The Morgan fingerprint density at radius 3 is 2.49 bits per heavy atom. The minimum Gasteiger partial charge on any atom is -0.341 e. The van der Waals surface area contributed by atoms with Crippen LogP contribution >= 0.6 is 11.3 Å². The number of anilines is 2. The van der Waals surface area contributed by atoms with Crippen LogP contribution in [0.15, 0.2) is 97.5 Å². The third kappa shape index (κ3) is 6.44. The SMILES string of the molecule is N#CCNC(=O)[C@H](Cc1ccc2ccccc2c1)NC(=O)c1ccc(-c2cnc(Nc3ccncc3)s2)cc1. The van der Waals surface area contributed by atoms with Gasteiger partial charge in [0.2, 0.25) is 5.91 Å². The van der Waals surface area contributed by atoms with Crippen LogP contribution in [0.3, 0.4) is 0 Å². The highest BCUT2D eigenvalue weighted by Gasteiger charge is 2.22. The zero-order valence-corrected chi connectivity index (χ0v) is 21.6. The summed E-state index contributed by atoms with van der Waals surface area (Å²) in [6.07, 6.45) is 5.49. The van der Waals surface area contributed by atoms with Crippen molar-refractivity contribution in [3.63, 3.8) is 0 Å². The van der Waals surface area contributed by atoms with Gasteiger partial charge in [0.25, 0.3) is 5.91 Å². The van der Waals surface area contributed by atoms with Crippen LogP contribution in [0, 0.1) is 11.3 Å². The van der Waals surface area contributed by atoms with E-state index in [1.807, 2.05) is 72.8 Å². The number of nitrogens with one attached hydrogen (secondary N) is 3. The Morgan fingerprint density at radius 2 is 1.72 bits per heavy atom. The van der Waals surface area contributed by atoms with E-state index in [9.17, 15) is 9.59 Å². The summed E-state index contributed by atoms with van der Waals surface area (Å²) in [6.45, 7) is -0.134. The van der Waals surface area contributed by atoms with Crippen molar-refractivity contribution in [3.8, 4) is 16.5 Å². The van der Waals surface area contributed by atoms with E-state index < -0.39 is 11.9 Å². The zero-order chi connectivity index (χ0) is 27.0. The molecule has 5 rings (SSSR count). The van der Waals surface area contributed by atoms with Crippen molar-refractivity contribution in [3.05, 3.63) is 109 Å². The number of aromatic nitrogens is 2. The predicted octanol–water partition coefficient (Wildman–Crippen LogP) is 5.08. The van der Waals surface area contributed by atoms with Crippen LogP contribution in [-0.2, 0) is 11.2 Å². The van der Waals surface area contributed by atoms with Crippen molar-refractivity contribution in [1.82, 2.24) is 20.6 Å². The topological polar surface area (TPSA) is 120 Å². The molecule has 0 unspecified atom stereocenters. The fourth-order valence-electron chi connectivity index (χ4n) is 4.11. The van der Waals surface area contributed by atoms with E-state index in [0.29, 0.717) is 12.0 Å². The van der Waals surface area contributed by atoms with Gasteiger partial charge in [-0.05, 0) is 46.2 Å². The summed E-state index contributed by atoms with van der Waals surface area (Å²) in [4.78, 5) is 35.3. The van der Waals surface area contributed by atoms with Crippen LogP contribution in [-0.4, -0.2) is 34.4 Å². The number of amides is 2. The standard InChI is InChI=1S/C30H24N6O2S/c31-13-16-33-29(38)26(18-20-5-6-21-3-1-2-4-24(21)17-20)36-28(37)23-9-7-22(8-10-23)27-19-34-30(39-27)35-25-11-14-32-15-12-25/h1-12,14-15,17,19,26H,16,18H2,(H,33,38)(H,36,37)(H,32,34,35)/t26-/m0/s1. The maximum Gasteiger partial charge on any atom is 0.251 e. The molecule has 1 atom stereocenters. The molecule has 192 valence electrons. The van der Waals surface area contributed by atoms with Gasteiger partial charge >= 0.3 is 0 Å². The number of fused-ring (bicyclic) bond motifs is 1. The van der Waals surface area contributed by atoms with Crippen molar-refractivity contribution in [1.29, 1.82) is 5.26 Å². The minimum atomic E-state index is -0.838. The molecule has 2 aromatic heterocycles. The summed E-state index contributed by atoms with van der Waals surface area (Å²) in [7, 11) is 0. The van der Waals surface area contributed by atoms with Gasteiger partial charge in [-0.25, -0.2) is 4.98 Å². The lowest BCUT2D eigenvalue weighted by Gasteiger charge is -2.18. The molecule has 0 aliphatic heterocycles. The number of hydrogen-bond donors (Lipinski definition) is 3. The molecule has 9 heteroatoms. The highest BCUT2D eigenvalue weighted by Crippen LogP contribution is 2.30. The van der Waals surface area contributed by atoms with E-state index in [1.165, 1.54) is 11.3 Å². The summed E-state index contributed by atoms with van der Waals surface area (Å²) in [6, 6.07) is 25.8. The van der Waals surface area contributed by atoms with Crippen molar-refractivity contribution >= 4 is 44.7 Å². The molecule has 2 heterocycles. The van der Waals surface area contributed by atoms with Gasteiger partial charge in [-0.2, -0.15) is 5.26 Å². The number of nitrogens with zero attached hydrogens (tertiary/aromatic N) is 3. The molecule has 0 spiro atoms. The van der Waals surface area contributed by atoms with Gasteiger partial charge in [0.15, 0.2) is 5.13 Å². The first-order chi connectivity index (χ1) is 19.1. The molecule has 5 aromatic rings. The van der Waals surface area contributed by atoms with Gasteiger partial charge in [-0.15, -0.1) is 0 Å². The Morgan fingerprint density at radius 1 is 0.949 bits per heavy atom. The molecule has 2 amide bonds. The minimum absolute atomic E-state index is 0.134. The summed E-state index contributed by atoms with van der Waals surface area (Å²) < 4.78 is 0. The number of pyridine rings is 1. The van der Waals surface area contributed by atoms with E-state index in [4.69, 9.17) is 5.26 Å². The van der Waals surface area contributed by atoms with E-state index in [1.54, 1.807) is 30.7 Å². The summed E-state index contributed by atoms with van der Waals surface area (Å²) >= 11 is 1.50. The van der Waals surface area contributed by atoms with Gasteiger partial charge in [-0.1, -0.05) is 65.9 Å². The van der Waals surface area contributed by atoms with Crippen molar-refractivity contribution in [2.45, 2.75) is 12.5 Å². The van der Waals surface area contributed by atoms with Crippen LogP contribution in [0.4, 0.5) is 10.8 Å². The highest BCUT2D eigenvalue weighted by molar-refractivity contribution is 7.18. The molecule has 0 aliphatic rings. The largest absolute Gasteiger partial charge is 0.341 e. The van der Waals surface area contributed by atoms with Gasteiger partial charge in [0.05, 0.1) is 10.9 Å². The highest BCUT2D eigenvalue weighted by atomic mass is 32.1.